The number of rotatable bonds is 3. The van der Waals surface area contributed by atoms with E-state index in [2.05, 4.69) is 9.88 Å². The first-order valence-corrected chi connectivity index (χ1v) is 7.02. The van der Waals surface area contributed by atoms with Crippen LogP contribution in [0.1, 0.15) is 6.92 Å². The van der Waals surface area contributed by atoms with E-state index >= 15 is 0 Å². The maximum absolute atomic E-state index is 11.5. The zero-order chi connectivity index (χ0) is 15.0. The van der Waals surface area contributed by atoms with Crippen LogP contribution in [-0.4, -0.2) is 65.9 Å². The third-order valence-corrected chi connectivity index (χ3v) is 4.02. The number of likely N-dealkylation sites (tertiary alicyclic amines) is 1. The van der Waals surface area contributed by atoms with Crippen molar-refractivity contribution in [1.29, 1.82) is 0 Å². The third-order valence-electron chi connectivity index (χ3n) is 4.02. The number of anilines is 1. The van der Waals surface area contributed by atoms with E-state index in [9.17, 15) is 4.79 Å². The molecule has 2 aliphatic rings. The predicted molar refractivity (Wildman–Crippen MR) is 77.3 cm³/mol. The second kappa shape index (κ2) is 5.20. The standard InChI is InChI=1S/C13H18BN3O4/c1-2-21-12(18)17-8-13(9-17)6-16(7-13)11-4-3-10(5-15-11)14(19)20/h3-5,19-20H,2,6-9H2,1H3. The summed E-state index contributed by atoms with van der Waals surface area (Å²) in [5.41, 5.74) is 0.551. The minimum atomic E-state index is -1.49. The van der Waals surface area contributed by atoms with Crippen molar-refractivity contribution in [2.45, 2.75) is 6.92 Å². The summed E-state index contributed by atoms with van der Waals surface area (Å²) in [5.74, 6) is 0.819. The van der Waals surface area contributed by atoms with Crippen molar-refractivity contribution < 1.29 is 19.6 Å². The lowest BCUT2D eigenvalue weighted by molar-refractivity contribution is -0.0196. The van der Waals surface area contributed by atoms with Crippen molar-refractivity contribution in [1.82, 2.24) is 9.88 Å². The fourth-order valence-corrected chi connectivity index (χ4v) is 2.97. The third kappa shape index (κ3) is 2.56. The molecule has 112 valence electrons. The number of aromatic nitrogens is 1. The molecule has 1 spiro atoms. The Morgan fingerprint density at radius 3 is 2.62 bits per heavy atom. The van der Waals surface area contributed by atoms with Gasteiger partial charge in [-0.1, -0.05) is 6.07 Å². The second-order valence-corrected chi connectivity index (χ2v) is 5.73. The lowest BCUT2D eigenvalue weighted by Crippen LogP contribution is -2.73. The number of pyridine rings is 1. The molecule has 1 aromatic heterocycles. The largest absolute Gasteiger partial charge is 0.490 e. The molecule has 0 aromatic carbocycles. The molecule has 0 radical (unpaired) electrons. The van der Waals surface area contributed by atoms with E-state index in [0.29, 0.717) is 12.1 Å². The van der Waals surface area contributed by atoms with Crippen LogP contribution in [-0.2, 0) is 4.74 Å². The number of hydrogen-bond donors (Lipinski definition) is 2. The molecular formula is C13H18BN3O4. The van der Waals surface area contributed by atoms with E-state index in [-0.39, 0.29) is 11.5 Å². The van der Waals surface area contributed by atoms with Gasteiger partial charge in [-0.3, -0.25) is 0 Å². The molecule has 0 bridgehead atoms. The number of ether oxygens (including phenoxy) is 1. The summed E-state index contributed by atoms with van der Waals surface area (Å²) in [6.45, 7) is 5.39. The molecule has 8 heteroatoms. The van der Waals surface area contributed by atoms with Crippen LogP contribution in [0.3, 0.4) is 0 Å². The number of carbonyl (C=O) groups excluding carboxylic acids is 1. The normalized spacial score (nSPS) is 19.0. The van der Waals surface area contributed by atoms with E-state index in [1.54, 1.807) is 24.0 Å². The van der Waals surface area contributed by atoms with Gasteiger partial charge in [-0.05, 0) is 13.0 Å². The average molecular weight is 291 g/mol. The molecule has 0 atom stereocenters. The zero-order valence-corrected chi connectivity index (χ0v) is 11.9. The summed E-state index contributed by atoms with van der Waals surface area (Å²) in [6.07, 6.45) is 1.23. The summed E-state index contributed by atoms with van der Waals surface area (Å²) < 4.78 is 4.97. The Kier molecular flexibility index (Phi) is 3.50. The molecule has 1 amide bonds. The number of carbonyl (C=O) groups is 1. The van der Waals surface area contributed by atoms with E-state index in [1.807, 2.05) is 0 Å². The van der Waals surface area contributed by atoms with Gasteiger partial charge >= 0.3 is 13.2 Å². The van der Waals surface area contributed by atoms with Gasteiger partial charge in [0.1, 0.15) is 5.82 Å². The Morgan fingerprint density at radius 2 is 2.10 bits per heavy atom. The monoisotopic (exact) mass is 291 g/mol. The molecule has 2 fully saturated rings. The first kappa shape index (κ1) is 14.2. The van der Waals surface area contributed by atoms with Gasteiger partial charge in [0.25, 0.3) is 0 Å². The molecule has 2 N–H and O–H groups in total. The summed E-state index contributed by atoms with van der Waals surface area (Å²) in [7, 11) is -1.49. The highest BCUT2D eigenvalue weighted by atomic mass is 16.6. The van der Waals surface area contributed by atoms with E-state index in [0.717, 1.165) is 32.0 Å². The highest BCUT2D eigenvalue weighted by Gasteiger charge is 2.54. The molecular weight excluding hydrogens is 273 g/mol. The highest BCUT2D eigenvalue weighted by molar-refractivity contribution is 6.58. The van der Waals surface area contributed by atoms with Gasteiger partial charge < -0.3 is 24.6 Å². The molecule has 7 nitrogen and oxygen atoms in total. The number of amides is 1. The zero-order valence-electron chi connectivity index (χ0n) is 11.9. The summed E-state index contributed by atoms with van der Waals surface area (Å²) in [4.78, 5) is 19.6. The molecule has 1 aromatic rings. The van der Waals surface area contributed by atoms with E-state index in [4.69, 9.17) is 14.8 Å². The minimum absolute atomic E-state index is 0.170. The van der Waals surface area contributed by atoms with Gasteiger partial charge in [0.2, 0.25) is 0 Å². The van der Waals surface area contributed by atoms with Crippen molar-refractivity contribution in [3.8, 4) is 0 Å². The Balaban J connectivity index is 1.51. The lowest BCUT2D eigenvalue weighted by Gasteiger charge is -2.59. The van der Waals surface area contributed by atoms with Gasteiger partial charge in [-0.15, -0.1) is 0 Å². The average Bonchev–Trinajstić information content (AvgIpc) is 2.36. The smallest absolute Gasteiger partial charge is 0.450 e. The Hall–Kier alpha value is -1.80. The van der Waals surface area contributed by atoms with Crippen molar-refractivity contribution in [3.63, 3.8) is 0 Å². The van der Waals surface area contributed by atoms with Gasteiger partial charge in [-0.25, -0.2) is 9.78 Å². The SMILES string of the molecule is CCOC(=O)N1CC2(C1)CN(c1ccc(B(O)O)cn1)C2. The molecule has 0 saturated carbocycles. The van der Waals surface area contributed by atoms with Crippen LogP contribution >= 0.6 is 0 Å². The fraction of sp³-hybridized carbons (Fsp3) is 0.538. The molecule has 2 aliphatic heterocycles. The van der Waals surface area contributed by atoms with Crippen molar-refractivity contribution >= 4 is 24.5 Å². The summed E-state index contributed by atoms with van der Waals surface area (Å²) >= 11 is 0. The van der Waals surface area contributed by atoms with Crippen LogP contribution in [0, 0.1) is 5.41 Å². The van der Waals surface area contributed by atoms with Crippen LogP contribution in [0.2, 0.25) is 0 Å². The van der Waals surface area contributed by atoms with Crippen molar-refractivity contribution in [2.75, 3.05) is 37.7 Å². The van der Waals surface area contributed by atoms with Gasteiger partial charge in [0, 0.05) is 43.3 Å². The first-order chi connectivity index (χ1) is 10.0. The second-order valence-electron chi connectivity index (χ2n) is 5.73. The topological polar surface area (TPSA) is 86.1 Å². The lowest BCUT2D eigenvalue weighted by atomic mass is 9.73. The molecule has 2 saturated heterocycles. The van der Waals surface area contributed by atoms with Crippen LogP contribution in [0.15, 0.2) is 18.3 Å². The number of hydrogen-bond acceptors (Lipinski definition) is 6. The summed E-state index contributed by atoms with van der Waals surface area (Å²) in [5, 5.41) is 18.1. The van der Waals surface area contributed by atoms with Crippen LogP contribution < -0.4 is 10.4 Å². The molecule has 3 rings (SSSR count). The maximum Gasteiger partial charge on any atom is 0.490 e. The Morgan fingerprint density at radius 1 is 1.38 bits per heavy atom. The van der Waals surface area contributed by atoms with Crippen molar-refractivity contribution in [2.24, 2.45) is 5.41 Å². The summed E-state index contributed by atoms with van der Waals surface area (Å²) in [6, 6.07) is 3.44. The highest BCUT2D eigenvalue weighted by Crippen LogP contribution is 2.41. The van der Waals surface area contributed by atoms with Gasteiger partial charge in [0.15, 0.2) is 0 Å². The van der Waals surface area contributed by atoms with Crippen LogP contribution in [0.5, 0.6) is 0 Å². The van der Waals surface area contributed by atoms with Gasteiger partial charge in [0.05, 0.1) is 6.61 Å². The fourth-order valence-electron chi connectivity index (χ4n) is 2.97. The van der Waals surface area contributed by atoms with E-state index < -0.39 is 7.12 Å². The predicted octanol–water partition coefficient (Wildman–Crippen LogP) is -0.960. The Bertz CT molecular complexity index is 523. The quantitative estimate of drug-likeness (QED) is 0.698. The molecule has 0 unspecified atom stereocenters. The molecule has 0 aliphatic carbocycles. The van der Waals surface area contributed by atoms with Gasteiger partial charge in [-0.2, -0.15) is 0 Å². The maximum atomic E-state index is 11.5. The molecule has 21 heavy (non-hydrogen) atoms. The van der Waals surface area contributed by atoms with Crippen LogP contribution in [0.4, 0.5) is 10.6 Å². The Labute approximate surface area is 123 Å². The van der Waals surface area contributed by atoms with Crippen LogP contribution in [0.25, 0.3) is 0 Å². The minimum Gasteiger partial charge on any atom is -0.450 e. The first-order valence-electron chi connectivity index (χ1n) is 7.02. The molecule has 3 heterocycles. The van der Waals surface area contributed by atoms with Crippen molar-refractivity contribution in [3.05, 3.63) is 18.3 Å². The number of nitrogens with zero attached hydrogens (tertiary/aromatic N) is 3. The van der Waals surface area contributed by atoms with E-state index in [1.165, 1.54) is 6.20 Å².